The first kappa shape index (κ1) is 21.6. The normalized spacial score (nSPS) is 16.3. The fraction of sp³-hybridized carbons (Fsp3) is 0.391. The number of hydrogen-bond donors (Lipinski definition) is 2. The van der Waals surface area contributed by atoms with Crippen LogP contribution in [0, 0.1) is 13.8 Å². The highest BCUT2D eigenvalue weighted by atomic mass is 16.5. The number of carbonyl (C=O) groups is 1. The molecule has 0 bridgehead atoms. The standard InChI is InChI=1S/C23H29N3O4/c1-15-7-9-19(16(2)12-15)25-23(24-14-18-6-5-11-30-18)26-22(27)17-8-10-20(28-3)21(13-17)29-4/h7-10,12-13,18H,5-6,11,14H2,1-4H3,(H2,24,25,26,27)/t18-/m0/s1. The highest BCUT2D eigenvalue weighted by Crippen LogP contribution is 2.27. The van der Waals surface area contributed by atoms with Gasteiger partial charge in [-0.3, -0.25) is 10.1 Å². The molecule has 1 atom stereocenters. The Bertz CT molecular complexity index is 921. The summed E-state index contributed by atoms with van der Waals surface area (Å²) in [5, 5.41) is 6.14. The third-order valence-electron chi connectivity index (χ3n) is 4.99. The molecule has 0 radical (unpaired) electrons. The van der Waals surface area contributed by atoms with E-state index < -0.39 is 0 Å². The molecule has 1 fully saturated rings. The molecule has 3 rings (SSSR count). The van der Waals surface area contributed by atoms with Crippen molar-refractivity contribution in [3.05, 3.63) is 53.1 Å². The Balaban J connectivity index is 1.80. The van der Waals surface area contributed by atoms with E-state index in [-0.39, 0.29) is 12.0 Å². The molecule has 2 N–H and O–H groups in total. The maximum absolute atomic E-state index is 12.9. The van der Waals surface area contributed by atoms with Crippen LogP contribution in [-0.4, -0.2) is 45.3 Å². The molecular formula is C23H29N3O4. The van der Waals surface area contributed by atoms with Gasteiger partial charge in [-0.15, -0.1) is 0 Å². The van der Waals surface area contributed by atoms with Gasteiger partial charge in [-0.25, -0.2) is 4.99 Å². The van der Waals surface area contributed by atoms with Gasteiger partial charge in [0.15, 0.2) is 11.5 Å². The molecular weight excluding hydrogens is 382 g/mol. The van der Waals surface area contributed by atoms with Crippen molar-refractivity contribution in [2.45, 2.75) is 32.8 Å². The summed E-state index contributed by atoms with van der Waals surface area (Å²) >= 11 is 0. The number of benzene rings is 2. The largest absolute Gasteiger partial charge is 0.493 e. The number of aliphatic imine (C=N–C) groups is 1. The molecule has 1 aliphatic rings. The summed E-state index contributed by atoms with van der Waals surface area (Å²) in [5.74, 6) is 1.15. The maximum atomic E-state index is 12.9. The molecule has 0 unspecified atom stereocenters. The Morgan fingerprint density at radius 3 is 2.60 bits per heavy atom. The summed E-state index contributed by atoms with van der Waals surface area (Å²) in [5.41, 5.74) is 3.57. The Labute approximate surface area is 177 Å². The van der Waals surface area contributed by atoms with Crippen LogP contribution in [0.4, 0.5) is 5.69 Å². The van der Waals surface area contributed by atoms with Gasteiger partial charge >= 0.3 is 0 Å². The first-order chi connectivity index (χ1) is 14.5. The average molecular weight is 412 g/mol. The minimum atomic E-state index is -0.292. The maximum Gasteiger partial charge on any atom is 0.258 e. The molecule has 0 saturated carbocycles. The van der Waals surface area contributed by atoms with E-state index >= 15 is 0 Å². The second kappa shape index (κ2) is 10.1. The minimum Gasteiger partial charge on any atom is -0.493 e. The summed E-state index contributed by atoms with van der Waals surface area (Å²) < 4.78 is 16.2. The third-order valence-corrected chi connectivity index (χ3v) is 4.99. The fourth-order valence-electron chi connectivity index (χ4n) is 3.33. The molecule has 7 nitrogen and oxygen atoms in total. The lowest BCUT2D eigenvalue weighted by molar-refractivity contribution is 0.0975. The van der Waals surface area contributed by atoms with Crippen molar-refractivity contribution in [1.29, 1.82) is 0 Å². The number of nitrogens with one attached hydrogen (secondary N) is 2. The van der Waals surface area contributed by atoms with Crippen LogP contribution < -0.4 is 20.1 Å². The van der Waals surface area contributed by atoms with Crippen molar-refractivity contribution in [2.75, 3.05) is 32.7 Å². The van der Waals surface area contributed by atoms with E-state index in [0.717, 1.165) is 30.7 Å². The van der Waals surface area contributed by atoms with Crippen LogP contribution >= 0.6 is 0 Å². The lowest BCUT2D eigenvalue weighted by atomic mass is 10.1. The third kappa shape index (κ3) is 5.51. The van der Waals surface area contributed by atoms with E-state index in [1.54, 1.807) is 25.3 Å². The van der Waals surface area contributed by atoms with Gasteiger partial charge in [0.2, 0.25) is 5.96 Å². The average Bonchev–Trinajstić information content (AvgIpc) is 3.27. The SMILES string of the molecule is COc1ccc(C(=O)NC(=NC[C@@H]2CCCO2)Nc2ccc(C)cc2C)cc1OC. The van der Waals surface area contributed by atoms with Crippen molar-refractivity contribution < 1.29 is 19.0 Å². The molecule has 0 aliphatic carbocycles. The highest BCUT2D eigenvalue weighted by molar-refractivity contribution is 6.10. The van der Waals surface area contributed by atoms with Crippen molar-refractivity contribution in [1.82, 2.24) is 5.32 Å². The second-order valence-electron chi connectivity index (χ2n) is 7.29. The number of ether oxygens (including phenoxy) is 3. The quantitative estimate of drug-likeness (QED) is 0.560. The molecule has 2 aromatic carbocycles. The Morgan fingerprint density at radius 2 is 1.93 bits per heavy atom. The van der Waals surface area contributed by atoms with Gasteiger partial charge < -0.3 is 19.5 Å². The first-order valence-electron chi connectivity index (χ1n) is 10.0. The molecule has 160 valence electrons. The van der Waals surface area contributed by atoms with E-state index in [2.05, 4.69) is 21.7 Å². The second-order valence-corrected chi connectivity index (χ2v) is 7.29. The number of anilines is 1. The van der Waals surface area contributed by atoms with Crippen LogP contribution in [0.5, 0.6) is 11.5 Å². The summed E-state index contributed by atoms with van der Waals surface area (Å²) in [6, 6.07) is 11.1. The van der Waals surface area contributed by atoms with Crippen LogP contribution in [0.3, 0.4) is 0 Å². The van der Waals surface area contributed by atoms with Crippen molar-refractivity contribution >= 4 is 17.6 Å². The topological polar surface area (TPSA) is 81.2 Å². The number of nitrogens with zero attached hydrogens (tertiary/aromatic N) is 1. The number of rotatable bonds is 6. The predicted octanol–water partition coefficient (Wildman–Crippen LogP) is 3.70. The first-order valence-corrected chi connectivity index (χ1v) is 10.0. The van der Waals surface area contributed by atoms with Crippen LogP contribution in [0.1, 0.15) is 34.3 Å². The van der Waals surface area contributed by atoms with Gasteiger partial charge in [0.25, 0.3) is 5.91 Å². The van der Waals surface area contributed by atoms with Gasteiger partial charge in [0.05, 0.1) is 26.9 Å². The molecule has 1 amide bonds. The summed E-state index contributed by atoms with van der Waals surface area (Å²) in [6.07, 6.45) is 2.10. The lowest BCUT2D eigenvalue weighted by Gasteiger charge is -2.16. The predicted molar refractivity (Wildman–Crippen MR) is 118 cm³/mol. The van der Waals surface area contributed by atoms with E-state index in [0.29, 0.717) is 29.6 Å². The van der Waals surface area contributed by atoms with Gasteiger partial charge in [0.1, 0.15) is 0 Å². The monoisotopic (exact) mass is 411 g/mol. The number of methoxy groups -OCH3 is 2. The molecule has 7 heteroatoms. The van der Waals surface area contributed by atoms with E-state index in [1.165, 1.54) is 12.7 Å². The van der Waals surface area contributed by atoms with Crippen LogP contribution in [0.15, 0.2) is 41.4 Å². The van der Waals surface area contributed by atoms with Gasteiger partial charge in [0, 0.05) is 17.9 Å². The van der Waals surface area contributed by atoms with Gasteiger partial charge in [-0.05, 0) is 56.5 Å². The molecule has 1 aliphatic heterocycles. The number of guanidine groups is 1. The van der Waals surface area contributed by atoms with Crippen molar-refractivity contribution in [3.8, 4) is 11.5 Å². The fourth-order valence-corrected chi connectivity index (χ4v) is 3.33. The molecule has 0 aromatic heterocycles. The van der Waals surface area contributed by atoms with Crippen molar-refractivity contribution in [3.63, 3.8) is 0 Å². The molecule has 2 aromatic rings. The zero-order valence-electron chi connectivity index (χ0n) is 18.0. The number of hydrogen-bond acceptors (Lipinski definition) is 5. The zero-order chi connectivity index (χ0) is 21.5. The molecule has 1 heterocycles. The Hall–Kier alpha value is -3.06. The summed E-state index contributed by atoms with van der Waals surface area (Å²) in [4.78, 5) is 17.5. The number of aryl methyl sites for hydroxylation is 2. The minimum absolute atomic E-state index is 0.0823. The lowest BCUT2D eigenvalue weighted by Crippen LogP contribution is -2.37. The van der Waals surface area contributed by atoms with E-state index in [4.69, 9.17) is 14.2 Å². The Morgan fingerprint density at radius 1 is 1.13 bits per heavy atom. The summed E-state index contributed by atoms with van der Waals surface area (Å²) in [6.45, 7) is 5.31. The Kier molecular flexibility index (Phi) is 7.30. The van der Waals surface area contributed by atoms with Crippen LogP contribution in [-0.2, 0) is 4.74 Å². The highest BCUT2D eigenvalue weighted by Gasteiger charge is 2.17. The van der Waals surface area contributed by atoms with E-state index in [9.17, 15) is 4.79 Å². The number of carbonyl (C=O) groups excluding carboxylic acids is 1. The zero-order valence-corrected chi connectivity index (χ0v) is 18.0. The number of amides is 1. The van der Waals surface area contributed by atoms with Crippen LogP contribution in [0.25, 0.3) is 0 Å². The van der Waals surface area contributed by atoms with Gasteiger partial charge in [-0.2, -0.15) is 0 Å². The molecule has 0 spiro atoms. The molecule has 1 saturated heterocycles. The van der Waals surface area contributed by atoms with E-state index in [1.807, 2.05) is 26.0 Å². The smallest absolute Gasteiger partial charge is 0.258 e. The summed E-state index contributed by atoms with van der Waals surface area (Å²) in [7, 11) is 3.09. The van der Waals surface area contributed by atoms with Crippen molar-refractivity contribution in [2.24, 2.45) is 4.99 Å². The van der Waals surface area contributed by atoms with Crippen LogP contribution in [0.2, 0.25) is 0 Å². The van der Waals surface area contributed by atoms with Gasteiger partial charge in [-0.1, -0.05) is 17.7 Å². The molecule has 30 heavy (non-hydrogen) atoms.